The number of rotatable bonds is 1. The van der Waals surface area contributed by atoms with E-state index in [4.69, 9.17) is 0 Å². The fraction of sp³-hybridized carbons (Fsp3) is 0.300. The summed E-state index contributed by atoms with van der Waals surface area (Å²) in [4.78, 5) is 28.3. The van der Waals surface area contributed by atoms with E-state index < -0.39 is 0 Å². The van der Waals surface area contributed by atoms with Gasteiger partial charge in [0.25, 0.3) is 0 Å². The molecule has 5 nitrogen and oxygen atoms in total. The first kappa shape index (κ1) is 9.64. The molecule has 1 aromatic heterocycles. The van der Waals surface area contributed by atoms with Crippen LogP contribution >= 0.6 is 0 Å². The van der Waals surface area contributed by atoms with E-state index in [0.717, 1.165) is 5.69 Å². The minimum atomic E-state index is -0.103. The van der Waals surface area contributed by atoms with E-state index in [9.17, 15) is 9.59 Å². The van der Waals surface area contributed by atoms with Crippen LogP contribution in [0.3, 0.4) is 0 Å². The molecule has 2 heterocycles. The fourth-order valence-electron chi connectivity index (χ4n) is 1.48. The van der Waals surface area contributed by atoms with E-state index in [2.05, 4.69) is 10.3 Å². The minimum Gasteiger partial charge on any atom is -0.347 e. The van der Waals surface area contributed by atoms with Gasteiger partial charge in [0.15, 0.2) is 0 Å². The maximum atomic E-state index is 11.6. The van der Waals surface area contributed by atoms with E-state index >= 15 is 0 Å². The van der Waals surface area contributed by atoms with Crippen LogP contribution in [0.2, 0.25) is 0 Å². The molecule has 2 rings (SSSR count). The van der Waals surface area contributed by atoms with Crippen LogP contribution in [0.4, 0.5) is 5.69 Å². The quantitative estimate of drug-likeness (QED) is 0.698. The maximum absolute atomic E-state index is 11.6. The van der Waals surface area contributed by atoms with Crippen molar-refractivity contribution in [1.29, 1.82) is 0 Å². The molecule has 0 spiro atoms. The highest BCUT2D eigenvalue weighted by Crippen LogP contribution is 2.13. The summed E-state index contributed by atoms with van der Waals surface area (Å²) in [6.07, 6.45) is 3.60. The maximum Gasteiger partial charge on any atom is 0.246 e. The van der Waals surface area contributed by atoms with Gasteiger partial charge in [-0.15, -0.1) is 0 Å². The molecular formula is C10H11N3O2. The number of amides is 2. The van der Waals surface area contributed by atoms with Gasteiger partial charge in [-0.25, -0.2) is 0 Å². The van der Waals surface area contributed by atoms with Gasteiger partial charge >= 0.3 is 0 Å². The monoisotopic (exact) mass is 205 g/mol. The van der Waals surface area contributed by atoms with Crippen LogP contribution in [0.25, 0.3) is 0 Å². The van der Waals surface area contributed by atoms with Gasteiger partial charge in [-0.1, -0.05) is 0 Å². The van der Waals surface area contributed by atoms with Gasteiger partial charge in [-0.2, -0.15) is 0 Å². The second kappa shape index (κ2) is 4.08. The smallest absolute Gasteiger partial charge is 0.246 e. The molecule has 1 N–H and O–H groups in total. The number of nitrogens with zero attached hydrogens (tertiary/aromatic N) is 2. The zero-order valence-electron chi connectivity index (χ0n) is 8.14. The Morgan fingerprint density at radius 3 is 3.00 bits per heavy atom. The molecular weight excluding hydrogens is 194 g/mol. The van der Waals surface area contributed by atoms with Crippen molar-refractivity contribution < 1.29 is 9.59 Å². The summed E-state index contributed by atoms with van der Waals surface area (Å²) in [5, 5.41) is 2.54. The van der Waals surface area contributed by atoms with Crippen LogP contribution in [0.5, 0.6) is 0 Å². The van der Waals surface area contributed by atoms with Crippen molar-refractivity contribution in [2.75, 3.05) is 18.0 Å². The van der Waals surface area contributed by atoms with Crippen molar-refractivity contribution in [3.05, 3.63) is 24.5 Å². The van der Waals surface area contributed by atoms with Crippen LogP contribution in [-0.4, -0.2) is 29.9 Å². The third-order valence-corrected chi connectivity index (χ3v) is 2.26. The summed E-state index contributed by atoms with van der Waals surface area (Å²) in [7, 11) is 0. The molecule has 0 radical (unpaired) electrons. The Balaban J connectivity index is 2.21. The summed E-state index contributed by atoms with van der Waals surface area (Å²) in [5.74, 6) is -0.191. The summed E-state index contributed by atoms with van der Waals surface area (Å²) in [6, 6.07) is 3.57. The number of anilines is 1. The molecule has 2 amide bonds. The summed E-state index contributed by atoms with van der Waals surface area (Å²) in [6.45, 7) is 0.476. The number of carbonyl (C=O) groups is 2. The SMILES string of the molecule is O=C1CCN(c2cccnc2)C(=O)CN1. The second-order valence-electron chi connectivity index (χ2n) is 3.28. The van der Waals surface area contributed by atoms with Gasteiger partial charge in [0.05, 0.1) is 18.4 Å². The Labute approximate surface area is 87.1 Å². The lowest BCUT2D eigenvalue weighted by atomic mass is 10.3. The fourth-order valence-corrected chi connectivity index (χ4v) is 1.48. The van der Waals surface area contributed by atoms with Gasteiger partial charge < -0.3 is 10.2 Å². The van der Waals surface area contributed by atoms with Gasteiger partial charge in [0, 0.05) is 19.2 Å². The normalized spacial score (nSPS) is 17.2. The van der Waals surface area contributed by atoms with Crippen LogP contribution in [-0.2, 0) is 9.59 Å². The molecule has 0 unspecified atom stereocenters. The van der Waals surface area contributed by atoms with Gasteiger partial charge in [0.1, 0.15) is 0 Å². The standard InChI is InChI=1S/C10H11N3O2/c14-9-3-5-13(10(15)7-12-9)8-2-1-4-11-6-8/h1-2,4,6H,3,5,7H2,(H,12,14). The van der Waals surface area contributed by atoms with Crippen molar-refractivity contribution in [2.24, 2.45) is 0 Å². The first-order chi connectivity index (χ1) is 7.27. The molecule has 0 aromatic carbocycles. The number of hydrogen-bond acceptors (Lipinski definition) is 3. The number of nitrogens with one attached hydrogen (secondary N) is 1. The number of aromatic nitrogens is 1. The first-order valence-corrected chi connectivity index (χ1v) is 4.74. The lowest BCUT2D eigenvalue weighted by Crippen LogP contribution is -2.35. The Hall–Kier alpha value is -1.91. The molecule has 0 saturated carbocycles. The molecule has 5 heteroatoms. The Morgan fingerprint density at radius 2 is 2.27 bits per heavy atom. The molecule has 1 aliphatic rings. The third-order valence-electron chi connectivity index (χ3n) is 2.26. The summed E-state index contributed by atoms with van der Waals surface area (Å²) >= 11 is 0. The average Bonchev–Trinajstić information content (AvgIpc) is 2.43. The zero-order valence-corrected chi connectivity index (χ0v) is 8.14. The molecule has 1 fully saturated rings. The van der Waals surface area contributed by atoms with Gasteiger partial charge in [0.2, 0.25) is 11.8 Å². The second-order valence-corrected chi connectivity index (χ2v) is 3.28. The van der Waals surface area contributed by atoms with Crippen molar-refractivity contribution >= 4 is 17.5 Å². The molecule has 0 bridgehead atoms. The predicted molar refractivity (Wildman–Crippen MR) is 54.2 cm³/mol. The Morgan fingerprint density at radius 1 is 1.40 bits per heavy atom. The minimum absolute atomic E-state index is 0.0632. The average molecular weight is 205 g/mol. The zero-order chi connectivity index (χ0) is 10.7. The van der Waals surface area contributed by atoms with Crippen LogP contribution in [0.1, 0.15) is 6.42 Å². The van der Waals surface area contributed by atoms with E-state index in [1.165, 1.54) is 0 Å². The number of hydrogen-bond donors (Lipinski definition) is 1. The number of pyridine rings is 1. The number of carbonyl (C=O) groups excluding carboxylic acids is 2. The molecule has 1 aromatic rings. The Bertz CT molecular complexity index is 378. The largest absolute Gasteiger partial charge is 0.347 e. The predicted octanol–water partition coefficient (Wildman–Crippen LogP) is -0.0655. The molecule has 1 aliphatic heterocycles. The lowest BCUT2D eigenvalue weighted by Gasteiger charge is -2.18. The highest BCUT2D eigenvalue weighted by Gasteiger charge is 2.21. The van der Waals surface area contributed by atoms with E-state index in [1.807, 2.05) is 0 Å². The molecule has 0 aliphatic carbocycles. The lowest BCUT2D eigenvalue weighted by molar-refractivity contribution is -0.123. The molecule has 0 atom stereocenters. The highest BCUT2D eigenvalue weighted by molar-refractivity contribution is 5.98. The van der Waals surface area contributed by atoms with Crippen molar-refractivity contribution in [2.45, 2.75) is 6.42 Å². The summed E-state index contributed by atoms with van der Waals surface area (Å²) in [5.41, 5.74) is 0.735. The van der Waals surface area contributed by atoms with Gasteiger partial charge in [-0.3, -0.25) is 14.6 Å². The van der Waals surface area contributed by atoms with E-state index in [1.54, 1.807) is 29.4 Å². The first-order valence-electron chi connectivity index (χ1n) is 4.74. The van der Waals surface area contributed by atoms with Crippen LogP contribution in [0.15, 0.2) is 24.5 Å². The van der Waals surface area contributed by atoms with Crippen molar-refractivity contribution in [3.8, 4) is 0 Å². The van der Waals surface area contributed by atoms with E-state index in [0.29, 0.717) is 13.0 Å². The van der Waals surface area contributed by atoms with Crippen LogP contribution < -0.4 is 10.2 Å². The van der Waals surface area contributed by atoms with Crippen molar-refractivity contribution in [1.82, 2.24) is 10.3 Å². The molecule has 15 heavy (non-hydrogen) atoms. The summed E-state index contributed by atoms with van der Waals surface area (Å²) < 4.78 is 0. The molecule has 1 saturated heterocycles. The third kappa shape index (κ3) is 2.12. The topological polar surface area (TPSA) is 62.3 Å². The Kier molecular flexibility index (Phi) is 2.62. The van der Waals surface area contributed by atoms with Crippen LogP contribution in [0, 0.1) is 0 Å². The molecule has 78 valence electrons. The highest BCUT2D eigenvalue weighted by atomic mass is 16.2. The van der Waals surface area contributed by atoms with Crippen molar-refractivity contribution in [3.63, 3.8) is 0 Å². The van der Waals surface area contributed by atoms with E-state index in [-0.39, 0.29) is 18.4 Å². The van der Waals surface area contributed by atoms with Gasteiger partial charge in [-0.05, 0) is 12.1 Å².